The highest BCUT2D eigenvalue weighted by Gasteiger charge is 2.10. The summed E-state index contributed by atoms with van der Waals surface area (Å²) in [5.41, 5.74) is 7.12. The maximum atomic E-state index is 5.33. The lowest BCUT2D eigenvalue weighted by atomic mass is 9.93. The van der Waals surface area contributed by atoms with Crippen LogP contribution in [0.2, 0.25) is 0 Å². The second-order valence-electron chi connectivity index (χ2n) is 5.76. The molecule has 0 unspecified atom stereocenters. The van der Waals surface area contributed by atoms with Gasteiger partial charge in [-0.25, -0.2) is 0 Å². The van der Waals surface area contributed by atoms with E-state index in [-0.39, 0.29) is 0 Å². The highest BCUT2D eigenvalue weighted by molar-refractivity contribution is 7.76. The Morgan fingerprint density at radius 2 is 1.41 bits per heavy atom. The van der Waals surface area contributed by atoms with Crippen LogP contribution < -0.4 is 0 Å². The van der Waals surface area contributed by atoms with Crippen molar-refractivity contribution >= 4 is 34.9 Å². The van der Waals surface area contributed by atoms with Crippen molar-refractivity contribution in [3.8, 4) is 10.4 Å². The van der Waals surface area contributed by atoms with Crippen LogP contribution in [-0.4, -0.2) is 0 Å². The van der Waals surface area contributed by atoms with Crippen molar-refractivity contribution in [1.82, 2.24) is 0 Å². The Balaban J connectivity index is 1.80. The van der Waals surface area contributed by atoms with Gasteiger partial charge in [0.25, 0.3) is 0 Å². The van der Waals surface area contributed by atoms with Gasteiger partial charge in [0, 0.05) is 10.3 Å². The third kappa shape index (κ3) is 2.94. The summed E-state index contributed by atoms with van der Waals surface area (Å²) < 4.78 is 1.02. The first-order valence-corrected chi connectivity index (χ1v) is 9.67. The van der Waals surface area contributed by atoms with Crippen LogP contribution >= 0.6 is 34.9 Å². The smallest absolute Gasteiger partial charge is 0.121 e. The third-order valence-corrected chi connectivity index (χ3v) is 6.80. The maximum Gasteiger partial charge on any atom is 0.144 e. The Labute approximate surface area is 144 Å². The van der Waals surface area contributed by atoms with E-state index in [0.717, 1.165) is 28.8 Å². The maximum absolute atomic E-state index is 5.33. The van der Waals surface area contributed by atoms with E-state index >= 15 is 0 Å². The molecule has 4 bridgehead atoms. The van der Waals surface area contributed by atoms with Crippen LogP contribution in [0.3, 0.4) is 0 Å². The molecule has 0 N–H and O–H groups in total. The number of hydrogen-bond acceptors (Lipinski definition) is 3. The summed E-state index contributed by atoms with van der Waals surface area (Å²) in [6.07, 6.45) is 4.40. The molecule has 7 rings (SSSR count). The molecule has 0 atom stereocenters. The van der Waals surface area contributed by atoms with Crippen LogP contribution in [0.25, 0.3) is 10.4 Å². The van der Waals surface area contributed by atoms with Crippen molar-refractivity contribution in [2.45, 2.75) is 25.7 Å². The second-order valence-corrected chi connectivity index (χ2v) is 8.88. The Bertz CT molecular complexity index is 853. The van der Waals surface area contributed by atoms with Gasteiger partial charge >= 0.3 is 0 Å². The molecule has 0 fully saturated rings. The normalized spacial score (nSPS) is 13.8. The molecule has 0 spiro atoms. The molecule has 0 aliphatic heterocycles. The Kier molecular flexibility index (Phi) is 3.95. The van der Waals surface area contributed by atoms with Crippen molar-refractivity contribution < 1.29 is 0 Å². The van der Waals surface area contributed by atoms with Crippen LogP contribution in [0.4, 0.5) is 0 Å². The molecule has 0 amide bonds. The fraction of sp³-hybridized carbons (Fsp3) is 0.211. The molecule has 0 nitrogen and oxygen atoms in total. The zero-order valence-electron chi connectivity index (χ0n) is 12.2. The van der Waals surface area contributed by atoms with Crippen LogP contribution in [0.15, 0.2) is 47.8 Å². The summed E-state index contributed by atoms with van der Waals surface area (Å²) in [7, 11) is 0. The van der Waals surface area contributed by atoms with Crippen molar-refractivity contribution in [2.75, 3.05) is 0 Å². The highest BCUT2D eigenvalue weighted by atomic mass is 32.2. The SMILES string of the molecule is S=c1scc(-c2cc3ccc2CCc2ccc(cc2)CC3)s1. The zero-order chi connectivity index (χ0) is 14.9. The summed E-state index contributed by atoms with van der Waals surface area (Å²) in [4.78, 5) is 1.33. The minimum Gasteiger partial charge on any atom is -0.121 e. The summed E-state index contributed by atoms with van der Waals surface area (Å²) in [5.74, 6) is 0. The van der Waals surface area contributed by atoms with Crippen LogP contribution in [0.5, 0.6) is 0 Å². The van der Waals surface area contributed by atoms with Crippen LogP contribution in [-0.2, 0) is 25.7 Å². The Hall–Kier alpha value is -1.29. The summed E-state index contributed by atoms with van der Waals surface area (Å²) in [6, 6.07) is 16.2. The van der Waals surface area contributed by atoms with Crippen molar-refractivity contribution in [2.24, 2.45) is 0 Å². The van der Waals surface area contributed by atoms with Gasteiger partial charge in [0.05, 0.1) is 0 Å². The van der Waals surface area contributed by atoms with Gasteiger partial charge < -0.3 is 0 Å². The minimum atomic E-state index is 1.02. The van der Waals surface area contributed by atoms with Crippen LogP contribution in [0, 0.1) is 3.14 Å². The standard InChI is InChI=1S/C19H16S3/c20-19-21-12-18(22-19)17-11-15-6-5-13-1-3-14(4-2-13)7-9-16(17)10-8-15/h1-4,8,10-12H,5-7,9H2. The van der Waals surface area contributed by atoms with E-state index in [2.05, 4.69) is 47.8 Å². The summed E-state index contributed by atoms with van der Waals surface area (Å²) >= 11 is 8.75. The van der Waals surface area contributed by atoms with Crippen molar-refractivity contribution in [3.63, 3.8) is 0 Å². The van der Waals surface area contributed by atoms with E-state index in [1.165, 1.54) is 32.7 Å². The fourth-order valence-electron chi connectivity index (χ4n) is 3.02. The van der Waals surface area contributed by atoms with E-state index in [4.69, 9.17) is 12.2 Å². The van der Waals surface area contributed by atoms with Gasteiger partial charge in [-0.2, -0.15) is 0 Å². The molecule has 1 heterocycles. The van der Waals surface area contributed by atoms with Gasteiger partial charge in [-0.1, -0.05) is 54.7 Å². The first-order chi connectivity index (χ1) is 10.8. The molecule has 1 aromatic heterocycles. The average molecular weight is 341 g/mol. The molecule has 110 valence electrons. The van der Waals surface area contributed by atoms with Gasteiger partial charge in [0.2, 0.25) is 0 Å². The van der Waals surface area contributed by atoms with E-state index in [1.54, 1.807) is 22.7 Å². The summed E-state index contributed by atoms with van der Waals surface area (Å²) in [6.45, 7) is 0. The Morgan fingerprint density at radius 1 is 0.773 bits per heavy atom. The second kappa shape index (κ2) is 6.07. The molecule has 4 aliphatic rings. The number of rotatable bonds is 1. The number of hydrogen-bond donors (Lipinski definition) is 0. The predicted octanol–water partition coefficient (Wildman–Crippen LogP) is 6.09. The lowest BCUT2D eigenvalue weighted by Gasteiger charge is -2.13. The zero-order valence-corrected chi connectivity index (χ0v) is 14.6. The van der Waals surface area contributed by atoms with Crippen LogP contribution in [0.1, 0.15) is 22.3 Å². The van der Waals surface area contributed by atoms with Crippen molar-refractivity contribution in [3.05, 3.63) is 73.2 Å². The molecular weight excluding hydrogens is 324 g/mol. The molecule has 0 saturated carbocycles. The molecule has 0 saturated heterocycles. The number of aryl methyl sites for hydroxylation is 4. The van der Waals surface area contributed by atoms with E-state index in [9.17, 15) is 0 Å². The molecule has 0 radical (unpaired) electrons. The molecule has 3 aromatic rings. The van der Waals surface area contributed by atoms with Gasteiger partial charge in [-0.05, 0) is 53.5 Å². The largest absolute Gasteiger partial charge is 0.144 e. The third-order valence-electron chi connectivity index (χ3n) is 4.30. The van der Waals surface area contributed by atoms with Crippen molar-refractivity contribution in [1.29, 1.82) is 0 Å². The fourth-order valence-corrected chi connectivity index (χ4v) is 5.19. The highest BCUT2D eigenvalue weighted by Crippen LogP contribution is 2.33. The molecule has 22 heavy (non-hydrogen) atoms. The molecule has 4 aliphatic carbocycles. The quantitative estimate of drug-likeness (QED) is 0.483. The van der Waals surface area contributed by atoms with Gasteiger partial charge in [0.1, 0.15) is 3.14 Å². The summed E-state index contributed by atoms with van der Waals surface area (Å²) in [5, 5.41) is 2.22. The van der Waals surface area contributed by atoms with E-state index in [1.807, 2.05) is 0 Å². The van der Waals surface area contributed by atoms with E-state index in [0.29, 0.717) is 0 Å². The Morgan fingerprint density at radius 3 is 2.09 bits per heavy atom. The monoisotopic (exact) mass is 340 g/mol. The molecule has 2 aromatic carbocycles. The van der Waals surface area contributed by atoms with Gasteiger partial charge in [-0.3, -0.25) is 0 Å². The first-order valence-electron chi connectivity index (χ1n) is 7.56. The average Bonchev–Trinajstić information content (AvgIpc) is 2.96. The lowest BCUT2D eigenvalue weighted by Crippen LogP contribution is -1.99. The first kappa shape index (κ1) is 14.3. The predicted molar refractivity (Wildman–Crippen MR) is 99.7 cm³/mol. The van der Waals surface area contributed by atoms with Gasteiger partial charge in [-0.15, -0.1) is 22.7 Å². The topological polar surface area (TPSA) is 0 Å². The lowest BCUT2D eigenvalue weighted by molar-refractivity contribution is 0.924. The molecular formula is C19H16S3. The minimum absolute atomic E-state index is 1.02. The van der Waals surface area contributed by atoms with Gasteiger partial charge in [0.15, 0.2) is 0 Å². The number of benzene rings is 2. The molecule has 3 heteroatoms. The van der Waals surface area contributed by atoms with E-state index < -0.39 is 0 Å².